The number of rotatable bonds is 5. The third-order valence-electron chi connectivity index (χ3n) is 3.08. The highest BCUT2D eigenvalue weighted by atomic mass is 33.1. The molecule has 0 bridgehead atoms. The van der Waals surface area contributed by atoms with E-state index in [9.17, 15) is 14.7 Å². The van der Waals surface area contributed by atoms with Gasteiger partial charge in [-0.3, -0.25) is 14.3 Å². The molecule has 1 aliphatic heterocycles. The van der Waals surface area contributed by atoms with Crippen LogP contribution in [-0.4, -0.2) is 39.4 Å². The predicted molar refractivity (Wildman–Crippen MR) is 78.0 cm³/mol. The number of thiol groups is 1. The molecule has 7 nitrogen and oxygen atoms in total. The fourth-order valence-electron chi connectivity index (χ4n) is 2.04. The standard InChI is InChI=1S/C11H16N2O5S2/c1-6-3-13(11(16)12-10(6)15)9-2-7(14)8(18-9)4-17-5-20-19/h3,7-9,14,19H,2,4-5H2,1H3,(H,12,15,16)/t7-,8+,9+/m0/s1. The molecule has 1 aliphatic rings. The Labute approximate surface area is 124 Å². The zero-order valence-corrected chi connectivity index (χ0v) is 12.5. The third-order valence-corrected chi connectivity index (χ3v) is 3.67. The van der Waals surface area contributed by atoms with E-state index in [1.54, 1.807) is 6.92 Å². The van der Waals surface area contributed by atoms with E-state index in [-0.39, 0.29) is 13.0 Å². The summed E-state index contributed by atoms with van der Waals surface area (Å²) < 4.78 is 12.1. The molecule has 9 heteroatoms. The zero-order valence-electron chi connectivity index (χ0n) is 10.8. The molecule has 0 aromatic carbocycles. The molecule has 0 spiro atoms. The van der Waals surface area contributed by atoms with E-state index in [1.807, 2.05) is 0 Å². The molecule has 3 atom stereocenters. The Kier molecular flexibility index (Phi) is 5.33. The molecule has 0 saturated carbocycles. The molecular formula is C11H16N2O5S2. The van der Waals surface area contributed by atoms with Gasteiger partial charge in [0, 0.05) is 18.2 Å². The fourth-order valence-corrected chi connectivity index (χ4v) is 2.43. The Balaban J connectivity index is 2.10. The Morgan fingerprint density at radius 3 is 3.10 bits per heavy atom. The number of aromatic amines is 1. The number of hydrogen-bond acceptors (Lipinski definition) is 7. The first-order valence-electron chi connectivity index (χ1n) is 6.02. The lowest BCUT2D eigenvalue weighted by molar-refractivity contribution is -0.0567. The van der Waals surface area contributed by atoms with Crippen LogP contribution in [0.1, 0.15) is 18.2 Å². The summed E-state index contributed by atoms with van der Waals surface area (Å²) >= 11 is 3.94. The van der Waals surface area contributed by atoms with Crippen LogP contribution < -0.4 is 11.2 Å². The van der Waals surface area contributed by atoms with Gasteiger partial charge >= 0.3 is 5.69 Å². The van der Waals surface area contributed by atoms with Gasteiger partial charge in [-0.2, -0.15) is 0 Å². The maximum atomic E-state index is 11.8. The van der Waals surface area contributed by atoms with Gasteiger partial charge in [-0.15, -0.1) is 11.7 Å². The highest BCUT2D eigenvalue weighted by Crippen LogP contribution is 2.28. The molecule has 2 N–H and O–H groups in total. The van der Waals surface area contributed by atoms with Crippen molar-refractivity contribution in [1.29, 1.82) is 0 Å². The van der Waals surface area contributed by atoms with Gasteiger partial charge in [0.1, 0.15) is 18.3 Å². The smallest absolute Gasteiger partial charge is 0.330 e. The molecule has 0 unspecified atom stereocenters. The first-order valence-corrected chi connectivity index (χ1v) is 8.06. The number of nitrogens with one attached hydrogen (secondary N) is 1. The summed E-state index contributed by atoms with van der Waals surface area (Å²) in [6.45, 7) is 1.83. The number of aliphatic hydroxyl groups excluding tert-OH is 1. The van der Waals surface area contributed by atoms with Crippen LogP contribution in [0.15, 0.2) is 15.8 Å². The quantitative estimate of drug-likeness (QED) is 0.307. The summed E-state index contributed by atoms with van der Waals surface area (Å²) in [5.74, 6) is 0.387. The van der Waals surface area contributed by atoms with E-state index in [2.05, 4.69) is 16.6 Å². The van der Waals surface area contributed by atoms with Gasteiger partial charge in [-0.25, -0.2) is 4.79 Å². The predicted octanol–water partition coefficient (Wildman–Crippen LogP) is 0.0455. The molecule has 1 fully saturated rings. The van der Waals surface area contributed by atoms with Crippen molar-refractivity contribution in [1.82, 2.24) is 9.55 Å². The average molecular weight is 320 g/mol. The normalized spacial score (nSPS) is 26.1. The maximum absolute atomic E-state index is 11.8. The van der Waals surface area contributed by atoms with Crippen LogP contribution in [0.25, 0.3) is 0 Å². The van der Waals surface area contributed by atoms with Crippen LogP contribution in [-0.2, 0) is 9.47 Å². The van der Waals surface area contributed by atoms with E-state index in [0.29, 0.717) is 11.5 Å². The van der Waals surface area contributed by atoms with Crippen LogP contribution in [0.5, 0.6) is 0 Å². The molecule has 2 rings (SSSR count). The summed E-state index contributed by atoms with van der Waals surface area (Å²) in [5, 5.41) is 9.92. The van der Waals surface area contributed by atoms with Crippen molar-refractivity contribution < 1.29 is 14.6 Å². The van der Waals surface area contributed by atoms with E-state index in [0.717, 1.165) is 0 Å². The summed E-state index contributed by atoms with van der Waals surface area (Å²) in [6.07, 6.45) is -0.118. The Morgan fingerprint density at radius 1 is 1.65 bits per heavy atom. The van der Waals surface area contributed by atoms with Gasteiger partial charge in [0.15, 0.2) is 0 Å². The monoisotopic (exact) mass is 320 g/mol. The second-order valence-corrected chi connectivity index (χ2v) is 5.80. The molecule has 0 radical (unpaired) electrons. The topological polar surface area (TPSA) is 93.6 Å². The van der Waals surface area contributed by atoms with Crippen LogP contribution in [0.3, 0.4) is 0 Å². The lowest BCUT2D eigenvalue weighted by Gasteiger charge is -2.16. The molecule has 0 aliphatic carbocycles. The number of aromatic nitrogens is 2. The molecule has 1 saturated heterocycles. The van der Waals surface area contributed by atoms with Gasteiger partial charge in [0.25, 0.3) is 5.56 Å². The van der Waals surface area contributed by atoms with Crippen LogP contribution >= 0.6 is 22.5 Å². The molecule has 1 aromatic rings. The van der Waals surface area contributed by atoms with Crippen molar-refractivity contribution in [2.24, 2.45) is 0 Å². The average Bonchev–Trinajstić information content (AvgIpc) is 2.76. The highest BCUT2D eigenvalue weighted by molar-refractivity contribution is 8.68. The highest BCUT2D eigenvalue weighted by Gasteiger charge is 2.35. The van der Waals surface area contributed by atoms with Crippen LogP contribution in [0.2, 0.25) is 0 Å². The fraction of sp³-hybridized carbons (Fsp3) is 0.636. The van der Waals surface area contributed by atoms with Crippen molar-refractivity contribution in [2.45, 2.75) is 31.8 Å². The number of aliphatic hydroxyl groups is 1. The van der Waals surface area contributed by atoms with Crippen molar-refractivity contribution in [3.8, 4) is 0 Å². The largest absolute Gasteiger partial charge is 0.390 e. The lowest BCUT2D eigenvalue weighted by atomic mass is 10.2. The molecular weight excluding hydrogens is 304 g/mol. The Morgan fingerprint density at radius 2 is 2.40 bits per heavy atom. The molecule has 1 aromatic heterocycles. The minimum absolute atomic E-state index is 0.225. The van der Waals surface area contributed by atoms with E-state index < -0.39 is 29.7 Å². The second-order valence-electron chi connectivity index (χ2n) is 4.53. The van der Waals surface area contributed by atoms with E-state index >= 15 is 0 Å². The van der Waals surface area contributed by atoms with E-state index in [1.165, 1.54) is 21.6 Å². The first-order chi connectivity index (χ1) is 9.52. The Bertz CT molecular complexity index is 573. The van der Waals surface area contributed by atoms with Gasteiger partial charge in [-0.05, 0) is 6.92 Å². The molecule has 0 amide bonds. The van der Waals surface area contributed by atoms with Gasteiger partial charge in [0.2, 0.25) is 0 Å². The number of H-pyrrole nitrogens is 1. The number of aryl methyl sites for hydroxylation is 1. The first kappa shape index (κ1) is 15.6. The van der Waals surface area contributed by atoms with Crippen LogP contribution in [0.4, 0.5) is 0 Å². The van der Waals surface area contributed by atoms with Gasteiger partial charge < -0.3 is 14.6 Å². The molecule has 112 valence electrons. The summed E-state index contributed by atoms with van der Waals surface area (Å²) in [5.41, 5.74) is -0.561. The number of ether oxygens (including phenoxy) is 2. The summed E-state index contributed by atoms with van der Waals surface area (Å²) in [6, 6.07) is 0. The molecule has 20 heavy (non-hydrogen) atoms. The number of nitrogens with zero attached hydrogens (tertiary/aromatic N) is 1. The van der Waals surface area contributed by atoms with E-state index in [4.69, 9.17) is 9.47 Å². The lowest BCUT2D eigenvalue weighted by Crippen LogP contribution is -2.33. The number of hydrogen-bond donors (Lipinski definition) is 3. The van der Waals surface area contributed by atoms with Crippen molar-refractivity contribution in [2.75, 3.05) is 12.5 Å². The molecule has 2 heterocycles. The third kappa shape index (κ3) is 3.47. The minimum Gasteiger partial charge on any atom is -0.390 e. The van der Waals surface area contributed by atoms with Crippen molar-refractivity contribution in [3.05, 3.63) is 32.6 Å². The van der Waals surface area contributed by atoms with Gasteiger partial charge in [-0.1, -0.05) is 10.8 Å². The van der Waals surface area contributed by atoms with Crippen molar-refractivity contribution >= 4 is 22.5 Å². The summed E-state index contributed by atoms with van der Waals surface area (Å²) in [7, 11) is 1.23. The second kappa shape index (κ2) is 6.81. The van der Waals surface area contributed by atoms with Crippen LogP contribution in [0, 0.1) is 6.92 Å². The zero-order chi connectivity index (χ0) is 14.7. The Hall–Kier alpha value is -0.740. The van der Waals surface area contributed by atoms with Gasteiger partial charge in [0.05, 0.1) is 12.7 Å². The minimum atomic E-state index is -0.718. The SMILES string of the molecule is Cc1cn([C@H]2C[C@H](O)[C@@H](COCSS)O2)c(=O)[nH]c1=O. The summed E-state index contributed by atoms with van der Waals surface area (Å²) in [4.78, 5) is 25.3. The van der Waals surface area contributed by atoms with Crippen molar-refractivity contribution in [3.63, 3.8) is 0 Å². The maximum Gasteiger partial charge on any atom is 0.330 e.